The second-order valence-electron chi connectivity index (χ2n) is 4.50. The highest BCUT2D eigenvalue weighted by Crippen LogP contribution is 2.28. The Labute approximate surface area is 111 Å². The molecule has 0 bridgehead atoms. The van der Waals surface area contributed by atoms with Crippen LogP contribution in [-0.2, 0) is 0 Å². The Morgan fingerprint density at radius 2 is 1.79 bits per heavy atom. The molecule has 2 aromatic carbocycles. The molecule has 0 fully saturated rings. The van der Waals surface area contributed by atoms with Crippen LogP contribution in [0.4, 0.5) is 17.1 Å². The number of hydrogen-bond acceptors (Lipinski definition) is 3. The second-order valence-corrected chi connectivity index (χ2v) is 4.50. The second kappa shape index (κ2) is 5.02. The Balaban J connectivity index is 2.49. The van der Waals surface area contributed by atoms with Crippen molar-refractivity contribution in [3.63, 3.8) is 0 Å². The van der Waals surface area contributed by atoms with E-state index >= 15 is 0 Å². The van der Waals surface area contributed by atoms with E-state index in [9.17, 15) is 9.90 Å². The molecule has 2 aromatic rings. The van der Waals surface area contributed by atoms with Crippen molar-refractivity contribution in [2.24, 2.45) is 0 Å². The summed E-state index contributed by atoms with van der Waals surface area (Å²) in [6, 6.07) is 10.6. The first kappa shape index (κ1) is 13.0. The van der Waals surface area contributed by atoms with Crippen molar-refractivity contribution in [1.29, 1.82) is 0 Å². The minimum absolute atomic E-state index is 0.205. The number of nitrogens with one attached hydrogen (secondary N) is 1. The highest BCUT2D eigenvalue weighted by Gasteiger charge is 2.12. The van der Waals surface area contributed by atoms with Crippen LogP contribution in [0.3, 0.4) is 0 Å². The zero-order chi connectivity index (χ0) is 14.0. The minimum atomic E-state index is -0.978. The van der Waals surface area contributed by atoms with Crippen molar-refractivity contribution in [3.8, 4) is 0 Å². The van der Waals surface area contributed by atoms with Crippen LogP contribution < -0.4 is 11.1 Å². The van der Waals surface area contributed by atoms with Gasteiger partial charge in [-0.3, -0.25) is 0 Å². The number of carboxylic acids is 1. The first-order valence-corrected chi connectivity index (χ1v) is 5.95. The average Bonchev–Trinajstić information content (AvgIpc) is 2.33. The normalized spacial score (nSPS) is 10.2. The monoisotopic (exact) mass is 256 g/mol. The molecular weight excluding hydrogens is 240 g/mol. The van der Waals surface area contributed by atoms with E-state index in [2.05, 4.69) is 5.32 Å². The molecule has 0 aliphatic carbocycles. The molecular formula is C15H16N2O2. The van der Waals surface area contributed by atoms with Gasteiger partial charge < -0.3 is 16.2 Å². The molecule has 4 N–H and O–H groups in total. The highest BCUT2D eigenvalue weighted by molar-refractivity contribution is 5.96. The topological polar surface area (TPSA) is 75.3 Å². The third kappa shape index (κ3) is 2.68. The Hall–Kier alpha value is -2.49. The van der Waals surface area contributed by atoms with E-state index in [1.807, 2.05) is 32.0 Å². The summed E-state index contributed by atoms with van der Waals surface area (Å²) in [4.78, 5) is 11.2. The van der Waals surface area contributed by atoms with Crippen molar-refractivity contribution in [2.75, 3.05) is 11.1 Å². The summed E-state index contributed by atoms with van der Waals surface area (Å²) >= 11 is 0. The van der Waals surface area contributed by atoms with E-state index in [0.717, 1.165) is 16.8 Å². The molecule has 0 saturated carbocycles. The van der Waals surface area contributed by atoms with E-state index in [0.29, 0.717) is 11.4 Å². The number of nitrogens with two attached hydrogens (primary N) is 1. The quantitative estimate of drug-likeness (QED) is 0.736. The lowest BCUT2D eigenvalue weighted by Crippen LogP contribution is -2.05. The maximum atomic E-state index is 11.2. The molecule has 4 nitrogen and oxygen atoms in total. The van der Waals surface area contributed by atoms with Crippen molar-refractivity contribution in [1.82, 2.24) is 0 Å². The Kier molecular flexibility index (Phi) is 3.42. The summed E-state index contributed by atoms with van der Waals surface area (Å²) in [5, 5.41) is 12.4. The van der Waals surface area contributed by atoms with E-state index in [4.69, 9.17) is 5.73 Å². The molecule has 0 saturated heterocycles. The van der Waals surface area contributed by atoms with Gasteiger partial charge in [0.15, 0.2) is 0 Å². The summed E-state index contributed by atoms with van der Waals surface area (Å²) in [6.45, 7) is 3.95. The Morgan fingerprint density at radius 1 is 1.16 bits per heavy atom. The van der Waals surface area contributed by atoms with Crippen molar-refractivity contribution in [2.45, 2.75) is 13.8 Å². The largest absolute Gasteiger partial charge is 0.478 e. The van der Waals surface area contributed by atoms with Gasteiger partial charge in [0.2, 0.25) is 0 Å². The molecule has 2 rings (SSSR count). The standard InChI is InChI=1S/C15H16N2O2/c1-9-4-3-5-10(2)14(9)17-13-8-11(16)6-7-12(13)15(18)19/h3-8,17H,16H2,1-2H3,(H,18,19). The molecule has 98 valence electrons. The third-order valence-corrected chi connectivity index (χ3v) is 3.01. The molecule has 0 heterocycles. The van der Waals surface area contributed by atoms with Gasteiger partial charge in [-0.2, -0.15) is 0 Å². The predicted octanol–water partition coefficient (Wildman–Crippen LogP) is 3.33. The molecule has 0 radical (unpaired) electrons. The maximum absolute atomic E-state index is 11.2. The van der Waals surface area contributed by atoms with Crippen LogP contribution in [0.25, 0.3) is 0 Å². The molecule has 19 heavy (non-hydrogen) atoms. The van der Waals surface area contributed by atoms with Gasteiger partial charge in [-0.05, 0) is 43.2 Å². The highest BCUT2D eigenvalue weighted by atomic mass is 16.4. The minimum Gasteiger partial charge on any atom is -0.478 e. The number of carbonyl (C=O) groups is 1. The summed E-state index contributed by atoms with van der Waals surface area (Å²) in [7, 11) is 0. The molecule has 4 heteroatoms. The summed E-state index contributed by atoms with van der Waals surface area (Å²) in [6.07, 6.45) is 0. The van der Waals surface area contributed by atoms with Gasteiger partial charge in [-0.25, -0.2) is 4.79 Å². The number of rotatable bonds is 3. The van der Waals surface area contributed by atoms with Crippen molar-refractivity contribution >= 4 is 23.0 Å². The van der Waals surface area contributed by atoms with Crippen molar-refractivity contribution in [3.05, 3.63) is 53.1 Å². The lowest BCUT2D eigenvalue weighted by atomic mass is 10.1. The lowest BCUT2D eigenvalue weighted by molar-refractivity contribution is 0.0698. The van der Waals surface area contributed by atoms with Gasteiger partial charge in [-0.15, -0.1) is 0 Å². The molecule has 0 amide bonds. The van der Waals surface area contributed by atoms with Gasteiger partial charge in [0.05, 0.1) is 11.3 Å². The lowest BCUT2D eigenvalue weighted by Gasteiger charge is -2.15. The fourth-order valence-electron chi connectivity index (χ4n) is 2.00. The fourth-order valence-corrected chi connectivity index (χ4v) is 2.00. The summed E-state index contributed by atoms with van der Waals surface area (Å²) in [5.41, 5.74) is 9.98. The number of para-hydroxylation sites is 1. The van der Waals surface area contributed by atoms with E-state index in [1.165, 1.54) is 6.07 Å². The zero-order valence-electron chi connectivity index (χ0n) is 10.9. The zero-order valence-corrected chi connectivity index (χ0v) is 10.9. The van der Waals surface area contributed by atoms with E-state index in [-0.39, 0.29) is 5.56 Å². The SMILES string of the molecule is Cc1cccc(C)c1Nc1cc(N)ccc1C(=O)O. The molecule has 0 aliphatic rings. The van der Waals surface area contributed by atoms with E-state index < -0.39 is 5.97 Å². The van der Waals surface area contributed by atoms with Gasteiger partial charge in [0.25, 0.3) is 0 Å². The maximum Gasteiger partial charge on any atom is 0.337 e. The van der Waals surface area contributed by atoms with Crippen LogP contribution in [0, 0.1) is 13.8 Å². The third-order valence-electron chi connectivity index (χ3n) is 3.01. The fraction of sp³-hybridized carbons (Fsp3) is 0.133. The van der Waals surface area contributed by atoms with E-state index in [1.54, 1.807) is 12.1 Å². The summed E-state index contributed by atoms with van der Waals surface area (Å²) < 4.78 is 0. The Morgan fingerprint density at radius 3 is 2.37 bits per heavy atom. The molecule has 0 atom stereocenters. The number of nitrogen functional groups attached to an aromatic ring is 1. The van der Waals surface area contributed by atoms with Crippen LogP contribution in [0.5, 0.6) is 0 Å². The van der Waals surface area contributed by atoms with Gasteiger partial charge in [-0.1, -0.05) is 18.2 Å². The Bertz CT molecular complexity index is 616. The predicted molar refractivity (Wildman–Crippen MR) is 77.0 cm³/mol. The number of carboxylic acid groups (broad SMARTS) is 1. The molecule has 0 aromatic heterocycles. The molecule has 0 aliphatic heterocycles. The number of anilines is 3. The number of hydrogen-bond donors (Lipinski definition) is 3. The smallest absolute Gasteiger partial charge is 0.337 e. The molecule has 0 spiro atoms. The van der Waals surface area contributed by atoms with Crippen LogP contribution >= 0.6 is 0 Å². The first-order valence-electron chi connectivity index (χ1n) is 5.95. The van der Waals surface area contributed by atoms with Crippen molar-refractivity contribution < 1.29 is 9.90 Å². The van der Waals surface area contributed by atoms with Crippen LogP contribution in [0.2, 0.25) is 0 Å². The molecule has 0 unspecified atom stereocenters. The van der Waals surface area contributed by atoms with Gasteiger partial charge in [0.1, 0.15) is 0 Å². The number of benzene rings is 2. The number of aryl methyl sites for hydroxylation is 2. The first-order chi connectivity index (χ1) is 8.99. The van der Waals surface area contributed by atoms with Gasteiger partial charge >= 0.3 is 5.97 Å². The summed E-state index contributed by atoms with van der Waals surface area (Å²) in [5.74, 6) is -0.978. The van der Waals surface area contributed by atoms with Crippen LogP contribution in [-0.4, -0.2) is 11.1 Å². The number of aromatic carboxylic acids is 1. The van der Waals surface area contributed by atoms with Crippen LogP contribution in [0.15, 0.2) is 36.4 Å². The average molecular weight is 256 g/mol. The van der Waals surface area contributed by atoms with Crippen LogP contribution in [0.1, 0.15) is 21.5 Å². The van der Waals surface area contributed by atoms with Gasteiger partial charge in [0, 0.05) is 11.4 Å².